The van der Waals surface area contributed by atoms with Gasteiger partial charge >= 0.3 is 0 Å². The summed E-state index contributed by atoms with van der Waals surface area (Å²) < 4.78 is 7.30. The third kappa shape index (κ3) is 5.35. The predicted octanol–water partition coefficient (Wildman–Crippen LogP) is 5.88. The second-order valence-electron chi connectivity index (χ2n) is 7.99. The van der Waals surface area contributed by atoms with Crippen molar-refractivity contribution in [1.29, 1.82) is 0 Å². The summed E-state index contributed by atoms with van der Waals surface area (Å²) in [5.41, 5.74) is 4.66. The van der Waals surface area contributed by atoms with Crippen molar-refractivity contribution in [2.24, 2.45) is 0 Å². The molecule has 33 heavy (non-hydrogen) atoms. The zero-order valence-electron chi connectivity index (χ0n) is 18.9. The molecule has 170 valence electrons. The summed E-state index contributed by atoms with van der Waals surface area (Å²) in [6.45, 7) is 4.48. The van der Waals surface area contributed by atoms with Crippen LogP contribution in [0.25, 0.3) is 11.0 Å². The van der Waals surface area contributed by atoms with Gasteiger partial charge in [0.1, 0.15) is 11.9 Å². The number of methoxy groups -OCH3 is 1. The molecule has 0 bridgehead atoms. The Balaban J connectivity index is 1.62. The molecular weight excluding hydrogens is 436 g/mol. The third-order valence-electron chi connectivity index (χ3n) is 5.55. The van der Waals surface area contributed by atoms with Crippen LogP contribution in [0.1, 0.15) is 31.3 Å². The van der Waals surface area contributed by atoms with Crippen molar-refractivity contribution >= 4 is 39.9 Å². The molecule has 0 aliphatic rings. The van der Waals surface area contributed by atoms with Crippen LogP contribution in [0.15, 0.2) is 72.8 Å². The molecule has 4 rings (SSSR count). The highest BCUT2D eigenvalue weighted by Gasteiger charge is 2.18. The van der Waals surface area contributed by atoms with Crippen LogP contribution in [-0.2, 0) is 16.1 Å². The maximum atomic E-state index is 12.2. The predicted molar refractivity (Wildman–Crippen MR) is 134 cm³/mol. The Bertz CT molecular complexity index is 1260. The first-order valence-corrected chi connectivity index (χ1v) is 11.2. The van der Waals surface area contributed by atoms with Gasteiger partial charge < -0.3 is 19.9 Å². The van der Waals surface area contributed by atoms with E-state index < -0.39 is 6.10 Å². The lowest BCUT2D eigenvalue weighted by Crippen LogP contribution is -2.26. The average Bonchev–Trinajstić information content (AvgIpc) is 3.16. The highest BCUT2D eigenvalue weighted by molar-refractivity contribution is 6.31. The number of hydrogen-bond acceptors (Lipinski definition) is 4. The number of carbonyl (C=O) groups is 1. The van der Waals surface area contributed by atoms with E-state index in [-0.39, 0.29) is 11.9 Å². The largest absolute Gasteiger partial charge is 0.375 e. The molecule has 7 heteroatoms. The molecule has 2 atom stereocenters. The van der Waals surface area contributed by atoms with E-state index in [1.165, 1.54) is 12.7 Å². The summed E-state index contributed by atoms with van der Waals surface area (Å²) in [5, 5.41) is 7.06. The van der Waals surface area contributed by atoms with Crippen molar-refractivity contribution in [3.8, 4) is 0 Å². The Labute approximate surface area is 198 Å². The van der Waals surface area contributed by atoms with E-state index in [0.717, 1.165) is 22.5 Å². The normalized spacial score (nSPS) is 13.0. The Morgan fingerprint density at radius 2 is 1.79 bits per heavy atom. The molecule has 1 aromatic heterocycles. The van der Waals surface area contributed by atoms with E-state index >= 15 is 0 Å². The minimum Gasteiger partial charge on any atom is -0.375 e. The standard InChI is InChI=1S/C26H27ClN4O2/c1-17(28-21-10-7-11-22(15-21)29-26(32)18(2)33-3)25-30-23-14-20(27)12-13-24(23)31(25)16-19-8-5-4-6-9-19/h4-15,17-18,28H,16H2,1-3H3,(H,29,32). The van der Waals surface area contributed by atoms with Gasteiger partial charge in [0, 0.05) is 30.1 Å². The van der Waals surface area contributed by atoms with Crippen LogP contribution in [0.2, 0.25) is 5.02 Å². The van der Waals surface area contributed by atoms with Crippen molar-refractivity contribution < 1.29 is 9.53 Å². The van der Waals surface area contributed by atoms with Crippen LogP contribution in [0.5, 0.6) is 0 Å². The van der Waals surface area contributed by atoms with Crippen molar-refractivity contribution in [2.75, 3.05) is 17.7 Å². The van der Waals surface area contributed by atoms with Gasteiger partial charge in [-0.2, -0.15) is 0 Å². The van der Waals surface area contributed by atoms with Crippen molar-refractivity contribution in [3.05, 3.63) is 89.2 Å². The number of hydrogen-bond donors (Lipinski definition) is 2. The summed E-state index contributed by atoms with van der Waals surface area (Å²) in [6.07, 6.45) is -0.523. The second-order valence-corrected chi connectivity index (χ2v) is 8.43. The third-order valence-corrected chi connectivity index (χ3v) is 5.78. The van der Waals surface area contributed by atoms with Gasteiger partial charge in [-0.1, -0.05) is 48.0 Å². The van der Waals surface area contributed by atoms with Crippen molar-refractivity contribution in [2.45, 2.75) is 32.5 Å². The molecule has 0 aliphatic carbocycles. The first-order valence-electron chi connectivity index (χ1n) is 10.8. The number of benzene rings is 3. The van der Waals surface area contributed by atoms with Crippen LogP contribution < -0.4 is 10.6 Å². The van der Waals surface area contributed by atoms with Gasteiger partial charge in [0.15, 0.2) is 0 Å². The number of fused-ring (bicyclic) bond motifs is 1. The Kier molecular flexibility index (Phi) is 6.96. The number of carbonyl (C=O) groups excluding carboxylic acids is 1. The van der Waals surface area contributed by atoms with E-state index in [4.69, 9.17) is 21.3 Å². The molecule has 2 N–H and O–H groups in total. The Morgan fingerprint density at radius 1 is 1.03 bits per heavy atom. The summed E-state index contributed by atoms with van der Waals surface area (Å²) in [4.78, 5) is 17.1. The van der Waals surface area contributed by atoms with Gasteiger partial charge in [-0.05, 0) is 55.8 Å². The van der Waals surface area contributed by atoms with E-state index in [2.05, 4.69) is 34.3 Å². The van der Waals surface area contributed by atoms with E-state index in [0.29, 0.717) is 17.3 Å². The SMILES string of the molecule is COC(C)C(=O)Nc1cccc(NC(C)c2nc3cc(Cl)ccc3n2Cc2ccccc2)c1. The first-order chi connectivity index (χ1) is 15.9. The molecule has 1 amide bonds. The molecule has 1 heterocycles. The number of amides is 1. The summed E-state index contributed by atoms with van der Waals surface area (Å²) >= 11 is 6.23. The number of anilines is 2. The van der Waals surface area contributed by atoms with E-state index in [1.54, 1.807) is 6.92 Å². The van der Waals surface area contributed by atoms with Gasteiger partial charge in [0.25, 0.3) is 5.91 Å². The number of nitrogens with zero attached hydrogens (tertiary/aromatic N) is 2. The minimum atomic E-state index is -0.523. The average molecular weight is 463 g/mol. The van der Waals surface area contributed by atoms with Gasteiger partial charge in [-0.25, -0.2) is 4.98 Å². The highest BCUT2D eigenvalue weighted by Crippen LogP contribution is 2.27. The number of aromatic nitrogens is 2. The van der Waals surface area contributed by atoms with Crippen LogP contribution in [0, 0.1) is 0 Å². The van der Waals surface area contributed by atoms with Gasteiger partial charge in [0.05, 0.1) is 17.1 Å². The fourth-order valence-corrected chi connectivity index (χ4v) is 3.90. The highest BCUT2D eigenvalue weighted by atomic mass is 35.5. The molecule has 6 nitrogen and oxygen atoms in total. The molecule has 0 aliphatic heterocycles. The number of nitrogens with one attached hydrogen (secondary N) is 2. The quantitative estimate of drug-likeness (QED) is 0.343. The first kappa shape index (κ1) is 22.8. The topological polar surface area (TPSA) is 68.2 Å². The van der Waals surface area contributed by atoms with Gasteiger partial charge in [-0.3, -0.25) is 4.79 Å². The zero-order valence-corrected chi connectivity index (χ0v) is 19.6. The lowest BCUT2D eigenvalue weighted by atomic mass is 10.2. The van der Waals surface area contributed by atoms with Crippen molar-refractivity contribution in [1.82, 2.24) is 9.55 Å². The molecule has 0 saturated carbocycles. The minimum absolute atomic E-state index is 0.0938. The fourth-order valence-electron chi connectivity index (χ4n) is 3.74. The maximum Gasteiger partial charge on any atom is 0.253 e. The zero-order chi connectivity index (χ0) is 23.4. The van der Waals surface area contributed by atoms with Gasteiger partial charge in [-0.15, -0.1) is 0 Å². The number of imidazole rings is 1. The molecule has 0 spiro atoms. The van der Waals surface area contributed by atoms with Crippen LogP contribution in [-0.4, -0.2) is 28.7 Å². The second kappa shape index (κ2) is 10.1. The van der Waals surface area contributed by atoms with Crippen molar-refractivity contribution in [3.63, 3.8) is 0 Å². The van der Waals surface area contributed by atoms with E-state index in [9.17, 15) is 4.79 Å². The van der Waals surface area contributed by atoms with Gasteiger partial charge in [0.2, 0.25) is 0 Å². The Hall–Kier alpha value is -3.35. The summed E-state index contributed by atoms with van der Waals surface area (Å²) in [7, 11) is 1.51. The smallest absolute Gasteiger partial charge is 0.253 e. The monoisotopic (exact) mass is 462 g/mol. The summed E-state index contributed by atoms with van der Waals surface area (Å²) in [5.74, 6) is 0.711. The van der Waals surface area contributed by atoms with Crippen LogP contribution in [0.4, 0.5) is 11.4 Å². The van der Waals surface area contributed by atoms with E-state index in [1.807, 2.05) is 60.7 Å². The molecule has 0 saturated heterocycles. The molecule has 4 aromatic rings. The lowest BCUT2D eigenvalue weighted by molar-refractivity contribution is -0.124. The Morgan fingerprint density at radius 3 is 2.55 bits per heavy atom. The number of ether oxygens (including phenoxy) is 1. The number of halogens is 1. The molecule has 3 aromatic carbocycles. The lowest BCUT2D eigenvalue weighted by Gasteiger charge is -2.18. The maximum absolute atomic E-state index is 12.2. The molecule has 0 radical (unpaired) electrons. The van der Waals surface area contributed by atoms with Crippen LogP contribution in [0.3, 0.4) is 0 Å². The molecule has 2 unspecified atom stereocenters. The fraction of sp³-hybridized carbons (Fsp3) is 0.231. The molecule has 0 fully saturated rings. The summed E-state index contributed by atoms with van der Waals surface area (Å²) in [6, 6.07) is 23.6. The number of rotatable bonds is 8. The van der Waals surface area contributed by atoms with Crippen LogP contribution >= 0.6 is 11.6 Å². The molecular formula is C26H27ClN4O2.